The number of hydrogen-bond acceptors (Lipinski definition) is 5. The highest BCUT2D eigenvalue weighted by Gasteiger charge is 2.15. The summed E-state index contributed by atoms with van der Waals surface area (Å²) in [6.45, 7) is 2.14. The lowest BCUT2D eigenvalue weighted by atomic mass is 10.1. The van der Waals surface area contributed by atoms with Crippen LogP contribution in [0.1, 0.15) is 23.9 Å². The fraction of sp³-hybridized carbons (Fsp3) is 0.167. The molecule has 7 heteroatoms. The zero-order chi connectivity index (χ0) is 17.6. The van der Waals surface area contributed by atoms with Gasteiger partial charge in [0.1, 0.15) is 0 Å². The molecule has 25 heavy (non-hydrogen) atoms. The van der Waals surface area contributed by atoms with Crippen LogP contribution in [0.25, 0.3) is 11.3 Å². The Labute approximate surface area is 160 Å². The van der Waals surface area contributed by atoms with E-state index in [1.165, 1.54) is 4.88 Å². The van der Waals surface area contributed by atoms with Gasteiger partial charge in [-0.25, -0.2) is 4.98 Å². The van der Waals surface area contributed by atoms with Crippen LogP contribution in [0.15, 0.2) is 47.7 Å². The van der Waals surface area contributed by atoms with Gasteiger partial charge in [0.2, 0.25) is 5.13 Å². The minimum atomic E-state index is 0.596. The summed E-state index contributed by atoms with van der Waals surface area (Å²) < 4.78 is 0. The number of aryl methyl sites for hydroxylation is 1. The highest BCUT2D eigenvalue weighted by atomic mass is 35.5. The number of pyridine rings is 1. The number of hydrazone groups is 1. The van der Waals surface area contributed by atoms with Crippen molar-refractivity contribution in [2.45, 2.75) is 19.8 Å². The van der Waals surface area contributed by atoms with E-state index >= 15 is 0 Å². The molecule has 0 radical (unpaired) electrons. The molecule has 128 valence electrons. The number of hydrogen-bond donors (Lipinski definition) is 1. The number of nitrogens with zero attached hydrogens (tertiary/aromatic N) is 3. The molecule has 1 aromatic carbocycles. The highest BCUT2D eigenvalue weighted by molar-refractivity contribution is 7.16. The molecule has 4 nitrogen and oxygen atoms in total. The molecule has 0 aliphatic carbocycles. The van der Waals surface area contributed by atoms with E-state index in [1.807, 2.05) is 30.3 Å². The number of aromatic nitrogens is 2. The summed E-state index contributed by atoms with van der Waals surface area (Å²) in [6, 6.07) is 11.1. The number of halogens is 2. The average molecular weight is 391 g/mol. The van der Waals surface area contributed by atoms with Crippen LogP contribution in [0.3, 0.4) is 0 Å². The molecule has 2 aromatic heterocycles. The van der Waals surface area contributed by atoms with Crippen LogP contribution in [-0.2, 0) is 6.42 Å². The van der Waals surface area contributed by atoms with Crippen LogP contribution in [0.4, 0.5) is 5.13 Å². The van der Waals surface area contributed by atoms with Crippen molar-refractivity contribution in [3.8, 4) is 11.3 Å². The van der Waals surface area contributed by atoms with E-state index in [2.05, 4.69) is 27.4 Å². The molecule has 2 heterocycles. The molecular formula is C18H16Cl2N4S. The van der Waals surface area contributed by atoms with E-state index in [1.54, 1.807) is 29.8 Å². The number of thiazole rings is 1. The summed E-state index contributed by atoms with van der Waals surface area (Å²) in [4.78, 5) is 10.0. The lowest BCUT2D eigenvalue weighted by Gasteiger charge is -2.04. The number of anilines is 1. The van der Waals surface area contributed by atoms with Gasteiger partial charge in [-0.1, -0.05) is 53.9 Å². The summed E-state index contributed by atoms with van der Waals surface area (Å²) in [5, 5.41) is 6.14. The fourth-order valence-electron chi connectivity index (χ4n) is 2.29. The van der Waals surface area contributed by atoms with Crippen molar-refractivity contribution >= 4 is 45.9 Å². The monoisotopic (exact) mass is 390 g/mol. The quantitative estimate of drug-likeness (QED) is 0.420. The number of rotatable bonds is 6. The molecule has 0 saturated heterocycles. The Morgan fingerprint density at radius 1 is 1.24 bits per heavy atom. The van der Waals surface area contributed by atoms with E-state index in [4.69, 9.17) is 23.2 Å². The third kappa shape index (κ3) is 4.57. The van der Waals surface area contributed by atoms with Crippen LogP contribution in [0.5, 0.6) is 0 Å². The first-order valence-electron chi connectivity index (χ1n) is 7.82. The summed E-state index contributed by atoms with van der Waals surface area (Å²) in [6.07, 6.45) is 5.34. The van der Waals surface area contributed by atoms with Crippen LogP contribution in [-0.4, -0.2) is 16.2 Å². The standard InChI is InChI=1S/C18H16Cl2N4S/c1-2-5-16-17(14-8-7-12(19)10-15(14)20)23-18(25-16)24-22-11-13-6-3-4-9-21-13/h3-4,6-11H,2,5H2,1H3,(H,23,24)/b22-11-. The Morgan fingerprint density at radius 3 is 2.84 bits per heavy atom. The molecule has 3 rings (SSSR count). The van der Waals surface area contributed by atoms with Crippen LogP contribution in [0.2, 0.25) is 10.0 Å². The number of benzene rings is 1. The van der Waals surface area contributed by atoms with Gasteiger partial charge in [0.05, 0.1) is 22.6 Å². The molecule has 0 saturated carbocycles. The van der Waals surface area contributed by atoms with Crippen molar-refractivity contribution in [1.29, 1.82) is 0 Å². The van der Waals surface area contributed by atoms with Gasteiger partial charge in [-0.3, -0.25) is 10.4 Å². The molecule has 3 aromatic rings. The summed E-state index contributed by atoms with van der Waals surface area (Å²) in [7, 11) is 0. The largest absolute Gasteiger partial charge is 0.255 e. The Hall–Kier alpha value is -1.95. The van der Waals surface area contributed by atoms with Gasteiger partial charge in [-0.2, -0.15) is 5.10 Å². The first-order chi connectivity index (χ1) is 12.2. The van der Waals surface area contributed by atoms with Gasteiger partial charge in [-0.15, -0.1) is 0 Å². The zero-order valence-corrected chi connectivity index (χ0v) is 15.9. The normalized spacial score (nSPS) is 11.2. The van der Waals surface area contributed by atoms with Crippen molar-refractivity contribution < 1.29 is 0 Å². The molecule has 0 amide bonds. The first-order valence-corrected chi connectivity index (χ1v) is 9.40. The summed E-state index contributed by atoms with van der Waals surface area (Å²) in [5.41, 5.74) is 5.52. The second-order valence-electron chi connectivity index (χ2n) is 5.29. The van der Waals surface area contributed by atoms with E-state index < -0.39 is 0 Å². The molecule has 0 atom stereocenters. The number of nitrogens with one attached hydrogen (secondary N) is 1. The molecule has 1 N–H and O–H groups in total. The topological polar surface area (TPSA) is 50.2 Å². The van der Waals surface area contributed by atoms with Gasteiger partial charge < -0.3 is 0 Å². The minimum absolute atomic E-state index is 0.596. The minimum Gasteiger partial charge on any atom is -0.255 e. The Kier molecular flexibility index (Phi) is 6.02. The lowest BCUT2D eigenvalue weighted by Crippen LogP contribution is -1.92. The fourth-order valence-corrected chi connectivity index (χ4v) is 3.82. The Balaban J connectivity index is 1.85. The SMILES string of the molecule is CCCc1sc(N/N=C\c2ccccn2)nc1-c1ccc(Cl)cc1Cl. The second-order valence-corrected chi connectivity index (χ2v) is 7.22. The zero-order valence-electron chi connectivity index (χ0n) is 13.5. The van der Waals surface area contributed by atoms with Crippen molar-refractivity contribution in [3.05, 3.63) is 63.2 Å². The third-order valence-corrected chi connectivity index (χ3v) is 4.97. The van der Waals surface area contributed by atoms with Crippen molar-refractivity contribution in [2.75, 3.05) is 5.43 Å². The molecule has 0 bridgehead atoms. The van der Waals surface area contributed by atoms with E-state index in [-0.39, 0.29) is 0 Å². The molecule has 0 spiro atoms. The third-order valence-electron chi connectivity index (χ3n) is 3.41. The summed E-state index contributed by atoms with van der Waals surface area (Å²) in [5.74, 6) is 0. The Bertz CT molecular complexity index is 878. The maximum Gasteiger partial charge on any atom is 0.204 e. The molecule has 0 aliphatic heterocycles. The second kappa shape index (κ2) is 8.43. The average Bonchev–Trinajstić information content (AvgIpc) is 2.99. The smallest absolute Gasteiger partial charge is 0.204 e. The van der Waals surface area contributed by atoms with Gasteiger partial charge >= 0.3 is 0 Å². The van der Waals surface area contributed by atoms with Crippen LogP contribution < -0.4 is 5.43 Å². The predicted molar refractivity (Wildman–Crippen MR) is 107 cm³/mol. The lowest BCUT2D eigenvalue weighted by molar-refractivity contribution is 0.938. The molecule has 0 unspecified atom stereocenters. The van der Waals surface area contributed by atoms with Crippen molar-refractivity contribution in [3.63, 3.8) is 0 Å². The molecule has 0 fully saturated rings. The van der Waals surface area contributed by atoms with E-state index in [0.29, 0.717) is 10.0 Å². The van der Waals surface area contributed by atoms with Crippen LogP contribution in [0, 0.1) is 0 Å². The van der Waals surface area contributed by atoms with Crippen molar-refractivity contribution in [2.24, 2.45) is 5.10 Å². The maximum absolute atomic E-state index is 6.35. The molecule has 0 aliphatic rings. The predicted octanol–water partition coefficient (Wildman–Crippen LogP) is 5.91. The van der Waals surface area contributed by atoms with Gasteiger partial charge in [0.15, 0.2) is 0 Å². The van der Waals surface area contributed by atoms with E-state index in [0.717, 1.165) is 34.9 Å². The maximum atomic E-state index is 6.35. The van der Waals surface area contributed by atoms with Crippen LogP contribution >= 0.6 is 34.5 Å². The van der Waals surface area contributed by atoms with Gasteiger partial charge in [-0.05, 0) is 36.8 Å². The Morgan fingerprint density at radius 2 is 2.12 bits per heavy atom. The van der Waals surface area contributed by atoms with Gasteiger partial charge in [0, 0.05) is 21.7 Å². The van der Waals surface area contributed by atoms with E-state index in [9.17, 15) is 0 Å². The molecular weight excluding hydrogens is 375 g/mol. The van der Waals surface area contributed by atoms with Gasteiger partial charge in [0.25, 0.3) is 0 Å². The summed E-state index contributed by atoms with van der Waals surface area (Å²) >= 11 is 13.9. The van der Waals surface area contributed by atoms with Crippen molar-refractivity contribution in [1.82, 2.24) is 9.97 Å². The first kappa shape index (κ1) is 17.9. The highest BCUT2D eigenvalue weighted by Crippen LogP contribution is 2.36.